The molecule has 7 nitrogen and oxygen atoms in total. The highest BCUT2D eigenvalue weighted by Gasteiger charge is 2.59. The summed E-state index contributed by atoms with van der Waals surface area (Å²) >= 11 is 1.45. The van der Waals surface area contributed by atoms with Crippen molar-refractivity contribution >= 4 is 29.4 Å². The van der Waals surface area contributed by atoms with E-state index in [0.29, 0.717) is 27.5 Å². The second kappa shape index (κ2) is 7.00. The number of hydrogen-bond donors (Lipinski definition) is 2. The Bertz CT molecular complexity index is 1050. The third-order valence-electron chi connectivity index (χ3n) is 4.84. The molecule has 2 aliphatic rings. The maximum Gasteiger partial charge on any atom is 0.310 e. The topological polar surface area (TPSA) is 113 Å². The highest BCUT2D eigenvalue weighted by atomic mass is 32.2. The number of nitrogens with two attached hydrogens (primary N) is 1. The first-order valence-electron chi connectivity index (χ1n) is 8.65. The molecule has 0 saturated heterocycles. The molecule has 10 heteroatoms. The fourth-order valence-corrected chi connectivity index (χ4v) is 4.54. The number of ether oxygens (including phenoxy) is 1. The second-order valence-electron chi connectivity index (χ2n) is 6.61. The van der Waals surface area contributed by atoms with E-state index in [2.05, 4.69) is 15.3 Å². The van der Waals surface area contributed by atoms with Gasteiger partial charge in [-0.25, -0.2) is 9.98 Å². The van der Waals surface area contributed by atoms with Gasteiger partial charge in [0.25, 0.3) is 11.9 Å². The van der Waals surface area contributed by atoms with Crippen molar-refractivity contribution in [3.05, 3.63) is 53.3 Å². The number of nitrogens with one attached hydrogen (secondary N) is 1. The average molecular weight is 415 g/mol. The quantitative estimate of drug-likeness (QED) is 0.780. The Labute approximate surface area is 169 Å². The molecule has 29 heavy (non-hydrogen) atoms. The number of nitrogens with zero attached hydrogens (tertiary/aromatic N) is 3. The summed E-state index contributed by atoms with van der Waals surface area (Å²) in [6, 6.07) is 9.35. The zero-order valence-electron chi connectivity index (χ0n) is 15.0. The number of alkyl halides is 2. The Balaban J connectivity index is 1.69. The second-order valence-corrected chi connectivity index (χ2v) is 7.75. The molecule has 148 valence electrons. The minimum absolute atomic E-state index is 0.0936. The van der Waals surface area contributed by atoms with Gasteiger partial charge in [0.15, 0.2) is 12.1 Å². The molecular weight excluding hydrogens is 400 g/mol. The number of rotatable bonds is 2. The molecule has 1 atom stereocenters. The predicted molar refractivity (Wildman–Crippen MR) is 103 cm³/mol. The number of carbonyl (C=O) groups excluding carboxylic acids is 1. The zero-order valence-corrected chi connectivity index (χ0v) is 15.8. The van der Waals surface area contributed by atoms with Gasteiger partial charge in [-0.05, 0) is 36.8 Å². The Morgan fingerprint density at radius 3 is 2.90 bits per heavy atom. The standard InChI is InChI=1S/C19H15F2N5O2S/c20-19(21)10-28-17(23)26-18(19)5-6-29-15-4-2-12(7-13(15)18)25-16(27)14-3-1-11(8-22)9-24-14/h1-4,7,9H,5-6,10H2,(H2,23,26)(H,25,27)/t18-/m1/s1. The van der Waals surface area contributed by atoms with Crippen molar-refractivity contribution in [3.8, 4) is 6.07 Å². The van der Waals surface area contributed by atoms with E-state index in [0.717, 1.165) is 0 Å². The van der Waals surface area contributed by atoms with Crippen LogP contribution in [-0.2, 0) is 10.3 Å². The molecule has 0 bridgehead atoms. The van der Waals surface area contributed by atoms with Crippen molar-refractivity contribution in [2.45, 2.75) is 22.8 Å². The number of nitriles is 1. The average Bonchev–Trinajstić information content (AvgIpc) is 2.72. The van der Waals surface area contributed by atoms with Gasteiger partial charge < -0.3 is 15.8 Å². The van der Waals surface area contributed by atoms with Gasteiger partial charge in [0.2, 0.25) is 0 Å². The summed E-state index contributed by atoms with van der Waals surface area (Å²) in [6.45, 7) is -0.849. The van der Waals surface area contributed by atoms with E-state index in [-0.39, 0.29) is 18.1 Å². The Hall–Kier alpha value is -3.19. The van der Waals surface area contributed by atoms with Crippen LogP contribution in [0.3, 0.4) is 0 Å². The summed E-state index contributed by atoms with van der Waals surface area (Å²) < 4.78 is 34.6. The van der Waals surface area contributed by atoms with Gasteiger partial charge in [0.1, 0.15) is 11.8 Å². The van der Waals surface area contributed by atoms with Crippen LogP contribution < -0.4 is 11.1 Å². The first kappa shape index (κ1) is 19.1. The number of fused-ring (bicyclic) bond motifs is 2. The maximum atomic E-state index is 14.9. The third kappa shape index (κ3) is 3.27. The predicted octanol–water partition coefficient (Wildman–Crippen LogP) is 2.88. The zero-order chi connectivity index (χ0) is 20.6. The minimum atomic E-state index is -3.25. The van der Waals surface area contributed by atoms with Crippen LogP contribution in [0.25, 0.3) is 0 Å². The number of carbonyl (C=O) groups is 1. The van der Waals surface area contributed by atoms with Crippen LogP contribution in [-0.4, -0.2) is 35.2 Å². The van der Waals surface area contributed by atoms with Crippen molar-refractivity contribution < 1.29 is 18.3 Å². The van der Waals surface area contributed by atoms with E-state index < -0.39 is 24.0 Å². The minimum Gasteiger partial charge on any atom is -0.459 e. The normalized spacial score (nSPS) is 22.0. The van der Waals surface area contributed by atoms with Crippen molar-refractivity contribution in [1.82, 2.24) is 4.98 Å². The number of benzene rings is 1. The third-order valence-corrected chi connectivity index (χ3v) is 5.91. The van der Waals surface area contributed by atoms with Gasteiger partial charge in [-0.3, -0.25) is 4.79 Å². The molecule has 0 radical (unpaired) electrons. The molecule has 0 unspecified atom stereocenters. The van der Waals surface area contributed by atoms with Crippen molar-refractivity contribution in [3.63, 3.8) is 0 Å². The SMILES string of the molecule is N#Cc1ccc(C(=O)Nc2ccc3c(c2)[C@@]2(CCS3)N=C(N)OCC2(F)F)nc1. The smallest absolute Gasteiger partial charge is 0.310 e. The van der Waals surface area contributed by atoms with Crippen molar-refractivity contribution in [2.75, 3.05) is 17.7 Å². The van der Waals surface area contributed by atoms with Gasteiger partial charge in [-0.15, -0.1) is 11.8 Å². The van der Waals surface area contributed by atoms with Crippen LogP contribution in [0.4, 0.5) is 14.5 Å². The largest absolute Gasteiger partial charge is 0.459 e. The number of pyridine rings is 1. The van der Waals surface area contributed by atoms with E-state index in [4.69, 9.17) is 15.7 Å². The number of aliphatic imine (C=N–C) groups is 1. The van der Waals surface area contributed by atoms with Gasteiger partial charge in [-0.1, -0.05) is 0 Å². The van der Waals surface area contributed by atoms with Gasteiger partial charge in [0.05, 0.1) is 5.56 Å². The number of thioether (sulfide) groups is 1. The highest BCUT2D eigenvalue weighted by molar-refractivity contribution is 7.99. The lowest BCUT2D eigenvalue weighted by atomic mass is 9.80. The summed E-state index contributed by atoms with van der Waals surface area (Å²) in [6.07, 6.45) is 1.38. The lowest BCUT2D eigenvalue weighted by molar-refractivity contribution is -0.124. The fourth-order valence-electron chi connectivity index (χ4n) is 3.37. The molecule has 1 aromatic carbocycles. The first-order chi connectivity index (χ1) is 13.8. The molecule has 2 aliphatic heterocycles. The van der Waals surface area contributed by atoms with Crippen LogP contribution in [0.5, 0.6) is 0 Å². The summed E-state index contributed by atoms with van der Waals surface area (Å²) in [5.41, 5.74) is 4.85. The maximum absolute atomic E-state index is 14.9. The van der Waals surface area contributed by atoms with E-state index in [1.54, 1.807) is 12.1 Å². The summed E-state index contributed by atoms with van der Waals surface area (Å²) in [7, 11) is 0. The Morgan fingerprint density at radius 2 is 2.17 bits per heavy atom. The summed E-state index contributed by atoms with van der Waals surface area (Å²) in [4.78, 5) is 21.1. The lowest BCUT2D eigenvalue weighted by Crippen LogP contribution is -2.54. The van der Waals surface area contributed by atoms with E-state index in [1.165, 1.54) is 36.2 Å². The van der Waals surface area contributed by atoms with Crippen molar-refractivity contribution in [2.24, 2.45) is 10.7 Å². The van der Waals surface area contributed by atoms with Crippen LogP contribution in [0, 0.1) is 11.3 Å². The molecule has 1 aromatic heterocycles. The Morgan fingerprint density at radius 1 is 1.34 bits per heavy atom. The molecule has 4 rings (SSSR count). The van der Waals surface area contributed by atoms with Gasteiger partial charge >= 0.3 is 5.92 Å². The molecular formula is C19H15F2N5O2S. The van der Waals surface area contributed by atoms with Crippen molar-refractivity contribution in [1.29, 1.82) is 5.26 Å². The molecule has 1 spiro atoms. The lowest BCUT2D eigenvalue weighted by Gasteiger charge is -2.43. The first-order valence-corrected chi connectivity index (χ1v) is 9.64. The molecule has 0 fully saturated rings. The van der Waals surface area contributed by atoms with Crippen LogP contribution in [0.15, 0.2) is 46.4 Å². The number of anilines is 1. The van der Waals surface area contributed by atoms with E-state index >= 15 is 0 Å². The molecule has 3 heterocycles. The highest BCUT2D eigenvalue weighted by Crippen LogP contribution is 2.53. The number of hydrogen-bond acceptors (Lipinski definition) is 7. The summed E-state index contributed by atoms with van der Waals surface area (Å²) in [5, 5.41) is 11.5. The molecule has 2 aromatic rings. The Kier molecular flexibility index (Phi) is 4.62. The molecule has 0 saturated carbocycles. The van der Waals surface area contributed by atoms with Crippen LogP contribution in [0.2, 0.25) is 0 Å². The number of amidine groups is 1. The molecule has 3 N–H and O–H groups in total. The van der Waals surface area contributed by atoms with Crippen LogP contribution >= 0.6 is 11.8 Å². The number of amides is 1. The summed E-state index contributed by atoms with van der Waals surface area (Å²) in [5.74, 6) is -3.31. The van der Waals surface area contributed by atoms with Crippen LogP contribution in [0.1, 0.15) is 28.0 Å². The van der Waals surface area contributed by atoms with E-state index in [1.807, 2.05) is 6.07 Å². The molecule has 1 amide bonds. The number of aromatic nitrogens is 1. The van der Waals surface area contributed by atoms with Gasteiger partial charge in [-0.2, -0.15) is 14.0 Å². The fraction of sp³-hybridized carbons (Fsp3) is 0.263. The number of halogens is 2. The molecule has 0 aliphatic carbocycles. The van der Waals surface area contributed by atoms with E-state index in [9.17, 15) is 13.6 Å². The van der Waals surface area contributed by atoms with Gasteiger partial charge in [0, 0.05) is 28.1 Å². The monoisotopic (exact) mass is 415 g/mol.